The smallest absolute Gasteiger partial charge is 0.171 e. The number of rotatable bonds is 3. The third-order valence-corrected chi connectivity index (χ3v) is 3.91. The maximum Gasteiger partial charge on any atom is 0.171 e. The molecule has 4 heteroatoms. The van der Waals surface area contributed by atoms with Crippen LogP contribution in [0, 0.1) is 12.8 Å². The highest BCUT2D eigenvalue weighted by molar-refractivity contribution is 7.13. The molecule has 1 saturated carbocycles. The van der Waals surface area contributed by atoms with E-state index < -0.39 is 0 Å². The minimum absolute atomic E-state index is 0.0480. The molecule has 1 atom stereocenters. The zero-order valence-electron chi connectivity index (χ0n) is 8.41. The first-order valence-corrected chi connectivity index (χ1v) is 5.65. The Morgan fingerprint density at radius 2 is 2.29 bits per heavy atom. The minimum atomic E-state index is 0.0480. The van der Waals surface area contributed by atoms with E-state index in [1.165, 1.54) is 24.2 Å². The molecule has 0 radical (unpaired) electrons. The maximum atomic E-state index is 11.2. The highest BCUT2D eigenvalue weighted by Crippen LogP contribution is 2.40. The van der Waals surface area contributed by atoms with Crippen LogP contribution in [0.2, 0.25) is 0 Å². The predicted molar refractivity (Wildman–Crippen MR) is 56.5 cm³/mol. The van der Waals surface area contributed by atoms with Crippen molar-refractivity contribution in [3.63, 3.8) is 0 Å². The van der Waals surface area contributed by atoms with Crippen LogP contribution in [0.3, 0.4) is 0 Å². The number of carbonyl (C=O) groups is 1. The Bertz CT molecular complexity index is 368. The molecule has 0 saturated heterocycles. The summed E-state index contributed by atoms with van der Waals surface area (Å²) in [7, 11) is 0. The van der Waals surface area contributed by atoms with Crippen molar-refractivity contribution in [2.45, 2.75) is 32.7 Å². The van der Waals surface area contributed by atoms with Crippen molar-refractivity contribution in [2.24, 2.45) is 11.7 Å². The van der Waals surface area contributed by atoms with Gasteiger partial charge in [0.2, 0.25) is 0 Å². The predicted octanol–water partition coefficient (Wildman–Crippen LogP) is 2.06. The van der Waals surface area contributed by atoms with E-state index in [-0.39, 0.29) is 11.8 Å². The molecule has 0 spiro atoms. The number of nitrogens with zero attached hydrogens (tertiary/aromatic N) is 1. The number of ketones is 1. The molecule has 0 aliphatic heterocycles. The van der Waals surface area contributed by atoms with Gasteiger partial charge in [0.15, 0.2) is 5.78 Å². The van der Waals surface area contributed by atoms with Crippen LogP contribution in [0.4, 0.5) is 0 Å². The average Bonchev–Trinajstić information content (AvgIpc) is 2.88. The molecule has 2 N–H and O–H groups in total. The lowest BCUT2D eigenvalue weighted by Gasteiger charge is -2.04. The highest BCUT2D eigenvalue weighted by Gasteiger charge is 2.32. The topological polar surface area (TPSA) is 56.0 Å². The Morgan fingerprint density at radius 1 is 1.64 bits per heavy atom. The van der Waals surface area contributed by atoms with Gasteiger partial charge in [-0.1, -0.05) is 0 Å². The molecule has 1 aromatic rings. The van der Waals surface area contributed by atoms with E-state index in [1.54, 1.807) is 6.92 Å². The van der Waals surface area contributed by atoms with Crippen molar-refractivity contribution < 1.29 is 4.79 Å². The number of aromatic nitrogens is 1. The summed E-state index contributed by atoms with van der Waals surface area (Å²) in [4.78, 5) is 16.3. The van der Waals surface area contributed by atoms with Crippen LogP contribution in [0.5, 0.6) is 0 Å². The first-order valence-electron chi connectivity index (χ1n) is 4.83. The first-order chi connectivity index (χ1) is 6.59. The average molecular weight is 210 g/mol. The summed E-state index contributed by atoms with van der Waals surface area (Å²) in [5, 5.41) is 0.926. The zero-order valence-corrected chi connectivity index (χ0v) is 9.23. The lowest BCUT2D eigenvalue weighted by molar-refractivity contribution is 0.102. The lowest BCUT2D eigenvalue weighted by Crippen LogP contribution is -2.11. The Kier molecular flexibility index (Phi) is 2.41. The van der Waals surface area contributed by atoms with Crippen molar-refractivity contribution in [1.82, 2.24) is 4.98 Å². The van der Waals surface area contributed by atoms with E-state index in [4.69, 9.17) is 5.73 Å². The van der Waals surface area contributed by atoms with Crippen molar-refractivity contribution in [3.8, 4) is 0 Å². The van der Waals surface area contributed by atoms with Gasteiger partial charge in [-0.05, 0) is 25.7 Å². The third-order valence-electron chi connectivity index (χ3n) is 2.55. The summed E-state index contributed by atoms with van der Waals surface area (Å²) in [6.07, 6.45) is 2.41. The molecular weight excluding hydrogens is 196 g/mol. The molecule has 1 aliphatic rings. The second-order valence-corrected chi connectivity index (χ2v) is 4.92. The molecule has 1 aromatic heterocycles. The van der Waals surface area contributed by atoms with Crippen LogP contribution in [0.15, 0.2) is 0 Å². The Hall–Kier alpha value is -0.740. The summed E-state index contributed by atoms with van der Waals surface area (Å²) < 4.78 is 0. The summed E-state index contributed by atoms with van der Waals surface area (Å²) in [5.41, 5.74) is 6.85. The van der Waals surface area contributed by atoms with Gasteiger partial charge in [-0.2, -0.15) is 0 Å². The van der Waals surface area contributed by atoms with E-state index in [2.05, 4.69) is 4.98 Å². The summed E-state index contributed by atoms with van der Waals surface area (Å²) in [6.45, 7) is 3.45. The molecular formula is C10H14N2OS. The van der Waals surface area contributed by atoms with Crippen molar-refractivity contribution in [3.05, 3.63) is 15.6 Å². The SMILES string of the molecule is CC(=O)c1sc(C(N)C2CC2)nc1C. The molecule has 0 aromatic carbocycles. The fraction of sp³-hybridized carbons (Fsp3) is 0.600. The van der Waals surface area contributed by atoms with Crippen molar-refractivity contribution in [1.29, 1.82) is 0 Å². The van der Waals surface area contributed by atoms with Crippen LogP contribution in [0.25, 0.3) is 0 Å². The van der Waals surface area contributed by atoms with Gasteiger partial charge in [0.05, 0.1) is 16.6 Å². The third kappa shape index (κ3) is 1.72. The number of hydrogen-bond donors (Lipinski definition) is 1. The Labute approximate surface area is 87.3 Å². The molecule has 0 amide bonds. The fourth-order valence-electron chi connectivity index (χ4n) is 1.54. The summed E-state index contributed by atoms with van der Waals surface area (Å²) >= 11 is 1.46. The largest absolute Gasteiger partial charge is 0.322 e. The molecule has 0 bridgehead atoms. The van der Waals surface area contributed by atoms with Crippen LogP contribution in [0.1, 0.15) is 46.2 Å². The minimum Gasteiger partial charge on any atom is -0.322 e. The Morgan fingerprint density at radius 3 is 2.71 bits per heavy atom. The van der Waals surface area contributed by atoms with Gasteiger partial charge in [0, 0.05) is 6.92 Å². The molecule has 3 nitrogen and oxygen atoms in total. The van der Waals surface area contributed by atoms with E-state index in [9.17, 15) is 4.79 Å². The van der Waals surface area contributed by atoms with Crippen LogP contribution >= 0.6 is 11.3 Å². The molecule has 76 valence electrons. The zero-order chi connectivity index (χ0) is 10.3. The number of aryl methyl sites for hydroxylation is 1. The van der Waals surface area contributed by atoms with Gasteiger partial charge in [-0.25, -0.2) is 4.98 Å². The molecule has 1 aliphatic carbocycles. The van der Waals surface area contributed by atoms with Crippen LogP contribution < -0.4 is 5.73 Å². The molecule has 14 heavy (non-hydrogen) atoms. The molecule has 1 unspecified atom stereocenters. The lowest BCUT2D eigenvalue weighted by atomic mass is 10.2. The highest BCUT2D eigenvalue weighted by atomic mass is 32.1. The second kappa shape index (κ2) is 3.44. The number of carbonyl (C=O) groups excluding carboxylic acids is 1. The number of hydrogen-bond acceptors (Lipinski definition) is 4. The fourth-order valence-corrected chi connectivity index (χ4v) is 2.60. The molecule has 2 rings (SSSR count). The van der Waals surface area contributed by atoms with Gasteiger partial charge >= 0.3 is 0 Å². The van der Waals surface area contributed by atoms with E-state index >= 15 is 0 Å². The van der Waals surface area contributed by atoms with Gasteiger partial charge in [-0.3, -0.25) is 4.79 Å². The van der Waals surface area contributed by atoms with E-state index in [1.807, 2.05) is 6.92 Å². The number of Topliss-reactive ketones (excluding diaryl/α,β-unsaturated/α-hetero) is 1. The van der Waals surface area contributed by atoms with Crippen molar-refractivity contribution in [2.75, 3.05) is 0 Å². The van der Waals surface area contributed by atoms with Gasteiger partial charge in [-0.15, -0.1) is 11.3 Å². The monoisotopic (exact) mass is 210 g/mol. The quantitative estimate of drug-likeness (QED) is 0.777. The van der Waals surface area contributed by atoms with Gasteiger partial charge in [0.1, 0.15) is 5.01 Å². The molecule has 1 fully saturated rings. The second-order valence-electron chi connectivity index (χ2n) is 3.89. The summed E-state index contributed by atoms with van der Waals surface area (Å²) in [6, 6.07) is 0.0480. The summed E-state index contributed by atoms with van der Waals surface area (Å²) in [5.74, 6) is 0.689. The number of thiazole rings is 1. The first kappa shape index (κ1) is 9.80. The standard InChI is InChI=1S/C10H14N2OS/c1-5-9(6(2)13)14-10(12-5)8(11)7-3-4-7/h7-8H,3-4,11H2,1-2H3. The van der Waals surface area contributed by atoms with Crippen LogP contribution in [-0.2, 0) is 0 Å². The number of nitrogens with two attached hydrogens (primary N) is 1. The van der Waals surface area contributed by atoms with E-state index in [0.717, 1.165) is 15.6 Å². The van der Waals surface area contributed by atoms with Crippen molar-refractivity contribution >= 4 is 17.1 Å². The van der Waals surface area contributed by atoms with E-state index in [0.29, 0.717) is 5.92 Å². The molecule has 1 heterocycles. The Balaban J connectivity index is 2.26. The van der Waals surface area contributed by atoms with Gasteiger partial charge in [0.25, 0.3) is 0 Å². The van der Waals surface area contributed by atoms with Crippen LogP contribution in [-0.4, -0.2) is 10.8 Å². The van der Waals surface area contributed by atoms with Gasteiger partial charge < -0.3 is 5.73 Å². The normalized spacial score (nSPS) is 18.2. The maximum absolute atomic E-state index is 11.2.